The number of likely N-dealkylation sites (tertiary alicyclic amines) is 1. The molecule has 6 heteroatoms. The summed E-state index contributed by atoms with van der Waals surface area (Å²) in [5.74, 6) is -0.453. The first-order valence-corrected chi connectivity index (χ1v) is 7.61. The number of hydrogen-bond donors (Lipinski definition) is 2. The van der Waals surface area contributed by atoms with E-state index in [9.17, 15) is 4.79 Å². The molecule has 0 radical (unpaired) electrons. The zero-order valence-corrected chi connectivity index (χ0v) is 13.2. The fraction of sp³-hybridized carbons (Fsp3) is 0.333. The van der Waals surface area contributed by atoms with Crippen LogP contribution in [-0.4, -0.2) is 46.3 Å². The molecule has 110 valence electrons. The van der Waals surface area contributed by atoms with Gasteiger partial charge in [0.1, 0.15) is 5.69 Å². The second-order valence-electron chi connectivity index (χ2n) is 5.46. The van der Waals surface area contributed by atoms with Crippen LogP contribution >= 0.6 is 15.9 Å². The van der Waals surface area contributed by atoms with Gasteiger partial charge in [-0.15, -0.1) is 0 Å². The van der Waals surface area contributed by atoms with Crippen molar-refractivity contribution < 1.29 is 9.90 Å². The number of aromatic amines is 1. The van der Waals surface area contributed by atoms with Crippen molar-refractivity contribution in [2.45, 2.75) is 12.3 Å². The summed E-state index contributed by atoms with van der Waals surface area (Å²) in [5, 5.41) is 15.5. The Bertz CT molecular complexity index is 683. The highest BCUT2D eigenvalue weighted by atomic mass is 79.9. The first-order valence-electron chi connectivity index (χ1n) is 6.81. The van der Waals surface area contributed by atoms with E-state index in [4.69, 9.17) is 5.11 Å². The molecule has 1 aromatic heterocycles. The Balaban J connectivity index is 1.88. The van der Waals surface area contributed by atoms with Gasteiger partial charge in [0.25, 0.3) is 0 Å². The largest absolute Gasteiger partial charge is 0.477 e. The van der Waals surface area contributed by atoms with Crippen LogP contribution in [0.3, 0.4) is 0 Å². The smallest absolute Gasteiger partial charge is 0.353 e. The third kappa shape index (κ3) is 2.87. The summed E-state index contributed by atoms with van der Waals surface area (Å²) in [6.07, 6.45) is 1.17. The van der Waals surface area contributed by atoms with Crippen molar-refractivity contribution in [1.29, 1.82) is 0 Å². The molecule has 1 aromatic carbocycles. The maximum absolute atomic E-state index is 10.9. The molecule has 1 aliphatic rings. The summed E-state index contributed by atoms with van der Waals surface area (Å²) in [5.41, 5.74) is 2.95. The predicted octanol–water partition coefficient (Wildman–Crippen LogP) is 2.96. The van der Waals surface area contributed by atoms with Crippen LogP contribution in [0.2, 0.25) is 0 Å². The molecule has 0 amide bonds. The number of nitrogens with zero attached hydrogens (tertiary/aromatic N) is 2. The standard InChI is InChI=1S/C15H16BrN3O2/c1-19-5-4-10(8-19)11-3-2-9(6-12(11)16)13-7-14(15(20)21)18-17-13/h2-3,6-7,10H,4-5,8H2,1H3,(H,17,18)(H,20,21). The van der Waals surface area contributed by atoms with E-state index in [0.29, 0.717) is 11.6 Å². The summed E-state index contributed by atoms with van der Waals surface area (Å²) in [4.78, 5) is 13.2. The molecule has 21 heavy (non-hydrogen) atoms. The van der Waals surface area contributed by atoms with E-state index < -0.39 is 5.97 Å². The van der Waals surface area contributed by atoms with Crippen LogP contribution in [0.15, 0.2) is 28.7 Å². The fourth-order valence-corrected chi connectivity index (χ4v) is 3.49. The zero-order chi connectivity index (χ0) is 15.0. The van der Waals surface area contributed by atoms with Gasteiger partial charge in [-0.1, -0.05) is 28.1 Å². The summed E-state index contributed by atoms with van der Waals surface area (Å²) >= 11 is 3.64. The number of halogens is 1. The highest BCUT2D eigenvalue weighted by molar-refractivity contribution is 9.10. The van der Waals surface area contributed by atoms with Crippen molar-refractivity contribution >= 4 is 21.9 Å². The molecule has 2 heterocycles. The zero-order valence-electron chi connectivity index (χ0n) is 11.6. The monoisotopic (exact) mass is 349 g/mol. The number of carboxylic acid groups (broad SMARTS) is 1. The van der Waals surface area contributed by atoms with Crippen molar-refractivity contribution in [2.75, 3.05) is 20.1 Å². The Hall–Kier alpha value is -1.66. The molecule has 0 spiro atoms. The van der Waals surface area contributed by atoms with E-state index in [2.05, 4.69) is 44.1 Å². The van der Waals surface area contributed by atoms with Gasteiger partial charge in [0.2, 0.25) is 0 Å². The maximum Gasteiger partial charge on any atom is 0.353 e. The summed E-state index contributed by atoms with van der Waals surface area (Å²) in [6, 6.07) is 7.67. The number of rotatable bonds is 3. The molecule has 1 unspecified atom stereocenters. The molecule has 0 aliphatic carbocycles. The molecule has 1 atom stereocenters. The van der Waals surface area contributed by atoms with Gasteiger partial charge in [0, 0.05) is 16.6 Å². The number of carbonyl (C=O) groups is 1. The lowest BCUT2D eigenvalue weighted by atomic mass is 9.97. The Labute approximate surface area is 131 Å². The number of H-pyrrole nitrogens is 1. The molecule has 1 aliphatic heterocycles. The second-order valence-corrected chi connectivity index (χ2v) is 6.31. The van der Waals surface area contributed by atoms with Crippen LogP contribution < -0.4 is 0 Å². The third-order valence-corrected chi connectivity index (χ3v) is 4.62. The molecular weight excluding hydrogens is 334 g/mol. The second kappa shape index (κ2) is 5.61. The summed E-state index contributed by atoms with van der Waals surface area (Å²) in [6.45, 7) is 2.20. The van der Waals surface area contributed by atoms with Crippen LogP contribution in [0.1, 0.15) is 28.4 Å². The van der Waals surface area contributed by atoms with E-state index in [0.717, 1.165) is 23.1 Å². The molecule has 1 saturated heterocycles. The minimum Gasteiger partial charge on any atom is -0.477 e. The van der Waals surface area contributed by atoms with Crippen molar-refractivity contribution in [3.8, 4) is 11.3 Å². The predicted molar refractivity (Wildman–Crippen MR) is 83.5 cm³/mol. The Morgan fingerprint density at radius 3 is 2.86 bits per heavy atom. The summed E-state index contributed by atoms with van der Waals surface area (Å²) in [7, 11) is 2.14. The first kappa shape index (κ1) is 14.3. The van der Waals surface area contributed by atoms with E-state index in [1.807, 2.05) is 12.1 Å². The van der Waals surface area contributed by atoms with E-state index in [1.54, 1.807) is 6.07 Å². The van der Waals surface area contributed by atoms with Crippen molar-refractivity contribution in [3.05, 3.63) is 40.0 Å². The topological polar surface area (TPSA) is 69.2 Å². The lowest BCUT2D eigenvalue weighted by Gasteiger charge is -2.13. The van der Waals surface area contributed by atoms with Crippen LogP contribution in [0.25, 0.3) is 11.3 Å². The number of benzene rings is 1. The molecule has 0 bridgehead atoms. The van der Waals surface area contributed by atoms with Gasteiger partial charge in [-0.3, -0.25) is 5.10 Å². The minimum absolute atomic E-state index is 0.0996. The lowest BCUT2D eigenvalue weighted by Crippen LogP contribution is -2.13. The Morgan fingerprint density at radius 1 is 1.48 bits per heavy atom. The van der Waals surface area contributed by atoms with Crippen LogP contribution in [0, 0.1) is 0 Å². The fourth-order valence-electron chi connectivity index (χ4n) is 2.79. The minimum atomic E-state index is -1.00. The van der Waals surface area contributed by atoms with Gasteiger partial charge in [-0.2, -0.15) is 5.10 Å². The highest BCUT2D eigenvalue weighted by Crippen LogP contribution is 2.34. The molecule has 3 rings (SSSR count). The van der Waals surface area contributed by atoms with Crippen molar-refractivity contribution in [1.82, 2.24) is 15.1 Å². The average molecular weight is 350 g/mol. The van der Waals surface area contributed by atoms with Crippen LogP contribution in [0.4, 0.5) is 0 Å². The van der Waals surface area contributed by atoms with Crippen LogP contribution in [0.5, 0.6) is 0 Å². The van der Waals surface area contributed by atoms with E-state index in [-0.39, 0.29) is 5.69 Å². The van der Waals surface area contributed by atoms with E-state index >= 15 is 0 Å². The number of carboxylic acids is 1. The lowest BCUT2D eigenvalue weighted by molar-refractivity contribution is 0.0690. The average Bonchev–Trinajstić information content (AvgIpc) is 3.07. The Morgan fingerprint density at radius 2 is 2.29 bits per heavy atom. The van der Waals surface area contributed by atoms with Crippen molar-refractivity contribution in [3.63, 3.8) is 0 Å². The maximum atomic E-state index is 10.9. The summed E-state index contributed by atoms with van der Waals surface area (Å²) < 4.78 is 1.06. The van der Waals surface area contributed by atoms with Gasteiger partial charge in [-0.05, 0) is 43.6 Å². The molecule has 5 nitrogen and oxygen atoms in total. The van der Waals surface area contributed by atoms with Gasteiger partial charge in [0.05, 0.1) is 5.69 Å². The van der Waals surface area contributed by atoms with Gasteiger partial charge in [0.15, 0.2) is 0 Å². The van der Waals surface area contributed by atoms with Crippen molar-refractivity contribution in [2.24, 2.45) is 0 Å². The first-order chi connectivity index (χ1) is 10.0. The van der Waals surface area contributed by atoms with Gasteiger partial charge < -0.3 is 10.0 Å². The number of nitrogens with one attached hydrogen (secondary N) is 1. The number of aromatic carboxylic acids is 1. The normalized spacial score (nSPS) is 19.0. The number of hydrogen-bond acceptors (Lipinski definition) is 3. The SMILES string of the molecule is CN1CCC(c2ccc(-c3cc(C(=O)O)[nH]n3)cc2Br)C1. The highest BCUT2D eigenvalue weighted by Gasteiger charge is 2.23. The number of aromatic nitrogens is 2. The third-order valence-electron chi connectivity index (χ3n) is 3.94. The molecule has 1 fully saturated rings. The molecule has 2 N–H and O–H groups in total. The molecule has 2 aromatic rings. The van der Waals surface area contributed by atoms with E-state index in [1.165, 1.54) is 12.0 Å². The molecular formula is C15H16BrN3O2. The quantitative estimate of drug-likeness (QED) is 0.893. The van der Waals surface area contributed by atoms with Crippen LogP contribution in [-0.2, 0) is 0 Å². The van der Waals surface area contributed by atoms with Gasteiger partial charge in [-0.25, -0.2) is 4.79 Å². The number of likely N-dealkylation sites (N-methyl/N-ethyl adjacent to an activating group) is 1. The Kier molecular flexibility index (Phi) is 3.82. The van der Waals surface area contributed by atoms with Gasteiger partial charge >= 0.3 is 5.97 Å². The molecule has 0 saturated carbocycles.